The van der Waals surface area contributed by atoms with Crippen LogP contribution in [0.1, 0.15) is 25.0 Å². The van der Waals surface area contributed by atoms with E-state index in [9.17, 15) is 9.59 Å². The van der Waals surface area contributed by atoms with Crippen molar-refractivity contribution in [3.8, 4) is 0 Å². The van der Waals surface area contributed by atoms with Crippen LogP contribution in [0.4, 0.5) is 4.79 Å². The first-order valence-electron chi connectivity index (χ1n) is 9.99. The number of aromatic amines is 1. The van der Waals surface area contributed by atoms with E-state index >= 15 is 0 Å². The molecule has 0 spiro atoms. The first-order chi connectivity index (χ1) is 14.9. The molecule has 1 aromatic heterocycles. The minimum absolute atomic E-state index is 0.196. The number of halogens is 1. The molecule has 31 heavy (non-hydrogen) atoms. The van der Waals surface area contributed by atoms with Crippen LogP contribution in [0.25, 0.3) is 10.9 Å². The zero-order valence-electron chi connectivity index (χ0n) is 17.4. The summed E-state index contributed by atoms with van der Waals surface area (Å²) in [5.41, 5.74) is 5.23. The van der Waals surface area contributed by atoms with Gasteiger partial charge in [-0.15, -0.1) is 0 Å². The van der Waals surface area contributed by atoms with Crippen molar-refractivity contribution < 1.29 is 14.3 Å². The van der Waals surface area contributed by atoms with E-state index in [1.807, 2.05) is 68.6 Å². The Labute approximate surface area is 189 Å². The second-order valence-electron chi connectivity index (χ2n) is 7.54. The van der Waals surface area contributed by atoms with E-state index in [0.29, 0.717) is 6.42 Å². The number of H-pyrrole nitrogens is 1. The van der Waals surface area contributed by atoms with E-state index in [1.54, 1.807) is 6.21 Å². The van der Waals surface area contributed by atoms with Gasteiger partial charge in [0.15, 0.2) is 0 Å². The summed E-state index contributed by atoms with van der Waals surface area (Å²) in [5.74, 6) is -0.234. The van der Waals surface area contributed by atoms with Crippen molar-refractivity contribution in [2.75, 3.05) is 6.61 Å². The molecule has 0 bridgehead atoms. The van der Waals surface area contributed by atoms with E-state index in [4.69, 9.17) is 4.74 Å². The number of carbonyl (C=O) groups is 2. The monoisotopic (exact) mass is 484 g/mol. The molecule has 0 aliphatic heterocycles. The molecule has 2 amide bonds. The predicted octanol–water partition coefficient (Wildman–Crippen LogP) is 4.37. The highest BCUT2D eigenvalue weighted by Crippen LogP contribution is 2.19. The van der Waals surface area contributed by atoms with Gasteiger partial charge in [0.2, 0.25) is 0 Å². The Kier molecular flexibility index (Phi) is 7.83. The average molecular weight is 485 g/mol. The number of ether oxygens (including phenoxy) is 1. The van der Waals surface area contributed by atoms with Crippen LogP contribution >= 0.6 is 15.9 Å². The Morgan fingerprint density at radius 2 is 1.90 bits per heavy atom. The van der Waals surface area contributed by atoms with Gasteiger partial charge >= 0.3 is 6.09 Å². The number of hydrazone groups is 1. The van der Waals surface area contributed by atoms with Gasteiger partial charge in [0.05, 0.1) is 12.8 Å². The van der Waals surface area contributed by atoms with Gasteiger partial charge < -0.3 is 15.0 Å². The topological polar surface area (TPSA) is 95.6 Å². The van der Waals surface area contributed by atoms with Crippen molar-refractivity contribution in [3.05, 3.63) is 70.3 Å². The van der Waals surface area contributed by atoms with Gasteiger partial charge in [-0.2, -0.15) is 5.10 Å². The number of nitrogens with zero attached hydrogens (tertiary/aromatic N) is 1. The highest BCUT2D eigenvalue weighted by atomic mass is 79.9. The maximum Gasteiger partial charge on any atom is 0.407 e. The molecule has 1 heterocycles. The number of carbonyl (C=O) groups excluding carboxylic acids is 2. The van der Waals surface area contributed by atoms with Crippen LogP contribution < -0.4 is 10.7 Å². The highest BCUT2D eigenvalue weighted by molar-refractivity contribution is 9.10. The molecule has 7 nitrogen and oxygen atoms in total. The van der Waals surface area contributed by atoms with Crippen molar-refractivity contribution in [2.45, 2.75) is 26.3 Å². The van der Waals surface area contributed by atoms with E-state index in [0.717, 1.165) is 26.5 Å². The van der Waals surface area contributed by atoms with Crippen molar-refractivity contribution in [1.82, 2.24) is 15.7 Å². The summed E-state index contributed by atoms with van der Waals surface area (Å²) in [5, 5.41) is 7.69. The third-order valence-corrected chi connectivity index (χ3v) is 5.04. The minimum atomic E-state index is -0.846. The fraction of sp³-hybridized carbons (Fsp3) is 0.261. The lowest BCUT2D eigenvalue weighted by molar-refractivity contribution is -0.123. The van der Waals surface area contributed by atoms with Gasteiger partial charge in [-0.1, -0.05) is 60.1 Å². The lowest BCUT2D eigenvalue weighted by Gasteiger charge is -2.17. The molecule has 0 saturated heterocycles. The smallest absolute Gasteiger partial charge is 0.407 e. The molecule has 0 radical (unpaired) electrons. The van der Waals surface area contributed by atoms with Gasteiger partial charge in [-0.3, -0.25) is 4.79 Å². The van der Waals surface area contributed by atoms with Crippen LogP contribution in [-0.2, 0) is 16.0 Å². The van der Waals surface area contributed by atoms with Crippen LogP contribution in [0, 0.1) is 5.92 Å². The maximum atomic E-state index is 12.8. The van der Waals surface area contributed by atoms with E-state index in [-0.39, 0.29) is 12.5 Å². The van der Waals surface area contributed by atoms with Gasteiger partial charge in [-0.25, -0.2) is 10.2 Å². The number of rotatable bonds is 8. The summed E-state index contributed by atoms with van der Waals surface area (Å²) in [6.07, 6.45) is 3.05. The van der Waals surface area contributed by atoms with E-state index in [1.165, 1.54) is 0 Å². The highest BCUT2D eigenvalue weighted by Gasteiger charge is 2.23. The molecule has 8 heteroatoms. The van der Waals surface area contributed by atoms with Crippen molar-refractivity contribution >= 4 is 45.0 Å². The minimum Gasteiger partial charge on any atom is -0.449 e. The SMILES string of the molecule is CC(C)COC(=O)N[C@H](Cc1c[nH]c2ccccc12)C(=O)N/N=C\c1ccc(Br)cc1. The molecule has 0 saturated carbocycles. The fourth-order valence-corrected chi connectivity index (χ4v) is 3.22. The zero-order valence-corrected chi connectivity index (χ0v) is 19.0. The van der Waals surface area contributed by atoms with Crippen LogP contribution in [0.2, 0.25) is 0 Å². The molecular weight excluding hydrogens is 460 g/mol. The first kappa shape index (κ1) is 22.6. The lowest BCUT2D eigenvalue weighted by Crippen LogP contribution is -2.47. The van der Waals surface area contributed by atoms with Gasteiger partial charge in [0.25, 0.3) is 5.91 Å². The second kappa shape index (κ2) is 10.8. The second-order valence-corrected chi connectivity index (χ2v) is 8.45. The summed E-state index contributed by atoms with van der Waals surface area (Å²) < 4.78 is 6.15. The van der Waals surface area contributed by atoms with Crippen molar-refractivity contribution in [1.29, 1.82) is 0 Å². The molecule has 3 aromatic rings. The molecule has 0 unspecified atom stereocenters. The van der Waals surface area contributed by atoms with E-state index in [2.05, 4.69) is 36.8 Å². The summed E-state index contributed by atoms with van der Waals surface area (Å²) in [6, 6.07) is 14.5. The number of alkyl carbamates (subject to hydrolysis) is 1. The quantitative estimate of drug-likeness (QED) is 0.327. The molecule has 1 atom stereocenters. The molecule has 3 N–H and O–H groups in total. The summed E-state index contributed by atoms with van der Waals surface area (Å²) >= 11 is 3.38. The Morgan fingerprint density at radius 1 is 1.16 bits per heavy atom. The zero-order chi connectivity index (χ0) is 22.2. The Morgan fingerprint density at radius 3 is 2.65 bits per heavy atom. The Bertz CT molecular complexity index is 1060. The van der Waals surface area contributed by atoms with Crippen molar-refractivity contribution in [3.63, 3.8) is 0 Å². The number of nitrogens with one attached hydrogen (secondary N) is 3. The number of hydrogen-bond donors (Lipinski definition) is 3. The Balaban J connectivity index is 1.71. The average Bonchev–Trinajstić information content (AvgIpc) is 3.16. The van der Waals surface area contributed by atoms with Gasteiger partial charge in [0, 0.05) is 28.0 Å². The van der Waals surface area contributed by atoms with Crippen molar-refractivity contribution in [2.24, 2.45) is 11.0 Å². The van der Waals surface area contributed by atoms with Gasteiger partial charge in [0.1, 0.15) is 6.04 Å². The van der Waals surface area contributed by atoms with Crippen LogP contribution in [-0.4, -0.2) is 35.8 Å². The summed E-state index contributed by atoms with van der Waals surface area (Å²) in [4.78, 5) is 28.2. The summed E-state index contributed by atoms with van der Waals surface area (Å²) in [7, 11) is 0. The molecule has 2 aromatic carbocycles. The molecule has 0 aliphatic carbocycles. The third kappa shape index (κ3) is 6.68. The van der Waals surface area contributed by atoms with Gasteiger partial charge in [-0.05, 0) is 35.2 Å². The fourth-order valence-electron chi connectivity index (χ4n) is 2.95. The van der Waals surface area contributed by atoms with Crippen LogP contribution in [0.5, 0.6) is 0 Å². The lowest BCUT2D eigenvalue weighted by atomic mass is 10.0. The number of para-hydroxylation sites is 1. The van der Waals surface area contributed by atoms with Crippen LogP contribution in [0.15, 0.2) is 64.3 Å². The van der Waals surface area contributed by atoms with Crippen LogP contribution in [0.3, 0.4) is 0 Å². The standard InChI is InChI=1S/C23H25BrN4O3/c1-15(2)14-31-23(30)27-21(11-17-13-25-20-6-4-3-5-19(17)20)22(29)28-26-12-16-7-9-18(24)10-8-16/h3-10,12-13,15,21,25H,11,14H2,1-2H3,(H,27,30)(H,28,29)/b26-12-/t21-/m1/s1. The first-order valence-corrected chi connectivity index (χ1v) is 10.8. The maximum absolute atomic E-state index is 12.8. The number of benzene rings is 2. The molecule has 0 aliphatic rings. The molecule has 162 valence electrons. The third-order valence-electron chi connectivity index (χ3n) is 4.51. The number of fused-ring (bicyclic) bond motifs is 1. The largest absolute Gasteiger partial charge is 0.449 e. The predicted molar refractivity (Wildman–Crippen MR) is 125 cm³/mol. The molecule has 0 fully saturated rings. The number of hydrogen-bond acceptors (Lipinski definition) is 4. The number of amides is 2. The molecular formula is C23H25BrN4O3. The van der Waals surface area contributed by atoms with E-state index < -0.39 is 18.0 Å². The molecule has 3 rings (SSSR count). The summed E-state index contributed by atoms with van der Waals surface area (Å²) in [6.45, 7) is 4.16. The normalized spacial score (nSPS) is 12.3. The number of aromatic nitrogens is 1. The Hall–Kier alpha value is -3.13.